The second kappa shape index (κ2) is 5.17. The number of carbonyl (C=O) groups excluding carboxylic acids is 1. The number of likely N-dealkylation sites (tertiary alicyclic amines) is 1. The molecule has 3 N–H and O–H groups in total. The zero-order valence-corrected chi connectivity index (χ0v) is 11.1. The van der Waals surface area contributed by atoms with E-state index in [2.05, 4.69) is 10.2 Å². The third kappa shape index (κ3) is 2.54. The summed E-state index contributed by atoms with van der Waals surface area (Å²) in [6.07, 6.45) is 7.31. The molecule has 0 bridgehead atoms. The van der Waals surface area contributed by atoms with Crippen molar-refractivity contribution in [3.05, 3.63) is 0 Å². The summed E-state index contributed by atoms with van der Waals surface area (Å²) in [7, 11) is 0. The van der Waals surface area contributed by atoms with Crippen LogP contribution >= 0.6 is 0 Å². The van der Waals surface area contributed by atoms with E-state index in [4.69, 9.17) is 5.73 Å². The summed E-state index contributed by atoms with van der Waals surface area (Å²) in [6.45, 7) is 2.69. The Balaban J connectivity index is 1.44. The van der Waals surface area contributed by atoms with Gasteiger partial charge in [0.1, 0.15) is 0 Å². The number of amides is 1. The Morgan fingerprint density at radius 3 is 2.67 bits per heavy atom. The third-order valence-electron chi connectivity index (χ3n) is 5.08. The Labute approximate surface area is 109 Å². The van der Waals surface area contributed by atoms with E-state index in [1.54, 1.807) is 0 Å². The Bertz CT molecular complexity index is 314. The number of fused-ring (bicyclic) bond motifs is 1. The summed E-state index contributed by atoms with van der Waals surface area (Å²) in [6, 6.07) is 0.819. The van der Waals surface area contributed by atoms with E-state index in [0.717, 1.165) is 19.0 Å². The van der Waals surface area contributed by atoms with Gasteiger partial charge < -0.3 is 11.1 Å². The van der Waals surface area contributed by atoms with E-state index in [1.807, 2.05) is 0 Å². The first-order valence-electron chi connectivity index (χ1n) is 7.49. The number of carbonyl (C=O) groups is 1. The predicted octanol–water partition coefficient (Wildman–Crippen LogP) is 0.714. The smallest absolute Gasteiger partial charge is 0.234 e. The molecule has 0 aromatic carbocycles. The second-order valence-corrected chi connectivity index (χ2v) is 6.41. The van der Waals surface area contributed by atoms with Gasteiger partial charge in [-0.2, -0.15) is 0 Å². The molecule has 18 heavy (non-hydrogen) atoms. The van der Waals surface area contributed by atoms with Crippen LogP contribution < -0.4 is 11.1 Å². The number of hydrogen-bond donors (Lipinski definition) is 2. The molecular formula is C14H25N3O. The maximum atomic E-state index is 12.0. The van der Waals surface area contributed by atoms with Gasteiger partial charge in [-0.15, -0.1) is 0 Å². The van der Waals surface area contributed by atoms with Crippen LogP contribution in [0.2, 0.25) is 0 Å². The van der Waals surface area contributed by atoms with Crippen LogP contribution in [-0.2, 0) is 4.79 Å². The number of rotatable bonds is 3. The predicted molar refractivity (Wildman–Crippen MR) is 71.0 cm³/mol. The first-order chi connectivity index (χ1) is 8.72. The highest BCUT2D eigenvalue weighted by Gasteiger charge is 2.41. The molecule has 0 aromatic rings. The molecule has 4 heteroatoms. The van der Waals surface area contributed by atoms with Gasteiger partial charge >= 0.3 is 0 Å². The molecule has 3 aliphatic rings. The van der Waals surface area contributed by atoms with Crippen LogP contribution in [-0.4, -0.2) is 42.5 Å². The van der Waals surface area contributed by atoms with Gasteiger partial charge in [-0.25, -0.2) is 0 Å². The molecule has 1 saturated heterocycles. The minimum absolute atomic E-state index is 0.218. The molecule has 0 aromatic heterocycles. The van der Waals surface area contributed by atoms with Crippen molar-refractivity contribution in [1.29, 1.82) is 0 Å². The summed E-state index contributed by atoms with van der Waals surface area (Å²) < 4.78 is 0. The molecule has 1 heterocycles. The fraction of sp³-hybridized carbons (Fsp3) is 0.929. The van der Waals surface area contributed by atoms with Gasteiger partial charge in [0.15, 0.2) is 0 Å². The molecule has 3 atom stereocenters. The lowest BCUT2D eigenvalue weighted by Crippen LogP contribution is -2.41. The summed E-state index contributed by atoms with van der Waals surface area (Å²) in [5.74, 6) is 1.61. The molecular weight excluding hydrogens is 226 g/mol. The normalized spacial score (nSPS) is 37.1. The lowest BCUT2D eigenvalue weighted by atomic mass is 9.98. The molecule has 3 unspecified atom stereocenters. The topological polar surface area (TPSA) is 58.4 Å². The van der Waals surface area contributed by atoms with Gasteiger partial charge in [0.2, 0.25) is 5.91 Å². The summed E-state index contributed by atoms with van der Waals surface area (Å²) in [4.78, 5) is 14.3. The van der Waals surface area contributed by atoms with Crippen LogP contribution in [0, 0.1) is 11.8 Å². The SMILES string of the molecule is NC1CCC2CN(CC(=O)NC3CCCC3)CC12. The standard InChI is InChI=1S/C14H25N3O/c15-13-6-5-10-7-17(8-12(10)13)9-14(18)16-11-3-1-2-4-11/h10-13H,1-9,15H2,(H,16,18). The highest BCUT2D eigenvalue weighted by atomic mass is 16.2. The Hall–Kier alpha value is -0.610. The fourth-order valence-electron chi connectivity index (χ4n) is 4.08. The molecule has 3 fully saturated rings. The van der Waals surface area contributed by atoms with Crippen LogP contribution in [0.15, 0.2) is 0 Å². The molecule has 102 valence electrons. The van der Waals surface area contributed by atoms with Crippen molar-refractivity contribution >= 4 is 5.91 Å². The van der Waals surface area contributed by atoms with Crippen molar-refractivity contribution in [1.82, 2.24) is 10.2 Å². The van der Waals surface area contributed by atoms with E-state index >= 15 is 0 Å². The fourth-order valence-corrected chi connectivity index (χ4v) is 4.08. The molecule has 3 rings (SSSR count). The Kier molecular flexibility index (Phi) is 3.57. The van der Waals surface area contributed by atoms with Gasteiger partial charge in [0.25, 0.3) is 0 Å². The number of nitrogens with zero attached hydrogens (tertiary/aromatic N) is 1. The molecule has 4 nitrogen and oxygen atoms in total. The van der Waals surface area contributed by atoms with Crippen molar-refractivity contribution in [3.8, 4) is 0 Å². The quantitative estimate of drug-likeness (QED) is 0.777. The summed E-state index contributed by atoms with van der Waals surface area (Å²) in [5, 5.41) is 3.17. The van der Waals surface area contributed by atoms with E-state index in [9.17, 15) is 4.79 Å². The zero-order valence-electron chi connectivity index (χ0n) is 11.1. The van der Waals surface area contributed by atoms with Gasteiger partial charge in [0.05, 0.1) is 6.54 Å². The van der Waals surface area contributed by atoms with Crippen LogP contribution in [0.1, 0.15) is 38.5 Å². The van der Waals surface area contributed by atoms with E-state index < -0.39 is 0 Å². The largest absolute Gasteiger partial charge is 0.352 e. The highest BCUT2D eigenvalue weighted by molar-refractivity contribution is 5.78. The highest BCUT2D eigenvalue weighted by Crippen LogP contribution is 2.36. The van der Waals surface area contributed by atoms with Crippen molar-refractivity contribution in [2.24, 2.45) is 17.6 Å². The van der Waals surface area contributed by atoms with Crippen molar-refractivity contribution in [3.63, 3.8) is 0 Å². The van der Waals surface area contributed by atoms with Gasteiger partial charge in [0, 0.05) is 25.2 Å². The van der Waals surface area contributed by atoms with E-state index in [-0.39, 0.29) is 5.91 Å². The lowest BCUT2D eigenvalue weighted by Gasteiger charge is -2.19. The molecule has 1 aliphatic heterocycles. The minimum atomic E-state index is 0.218. The molecule has 0 spiro atoms. The van der Waals surface area contributed by atoms with E-state index in [1.165, 1.54) is 38.5 Å². The summed E-state index contributed by atoms with van der Waals surface area (Å²) in [5.41, 5.74) is 6.12. The maximum absolute atomic E-state index is 12.0. The zero-order chi connectivity index (χ0) is 12.5. The van der Waals surface area contributed by atoms with Gasteiger partial charge in [-0.1, -0.05) is 12.8 Å². The number of nitrogens with one attached hydrogen (secondary N) is 1. The van der Waals surface area contributed by atoms with Crippen molar-refractivity contribution in [2.45, 2.75) is 50.6 Å². The van der Waals surface area contributed by atoms with Crippen molar-refractivity contribution < 1.29 is 4.79 Å². The molecule has 2 saturated carbocycles. The third-order valence-corrected chi connectivity index (χ3v) is 5.08. The van der Waals surface area contributed by atoms with Crippen LogP contribution in [0.4, 0.5) is 0 Å². The maximum Gasteiger partial charge on any atom is 0.234 e. The second-order valence-electron chi connectivity index (χ2n) is 6.41. The van der Waals surface area contributed by atoms with Crippen LogP contribution in [0.5, 0.6) is 0 Å². The molecule has 0 radical (unpaired) electrons. The van der Waals surface area contributed by atoms with Crippen LogP contribution in [0.3, 0.4) is 0 Å². The minimum Gasteiger partial charge on any atom is -0.352 e. The first kappa shape index (κ1) is 12.4. The first-order valence-corrected chi connectivity index (χ1v) is 7.49. The lowest BCUT2D eigenvalue weighted by molar-refractivity contribution is -0.122. The molecule has 2 aliphatic carbocycles. The average molecular weight is 251 g/mol. The van der Waals surface area contributed by atoms with Crippen molar-refractivity contribution in [2.75, 3.05) is 19.6 Å². The number of hydrogen-bond acceptors (Lipinski definition) is 3. The Morgan fingerprint density at radius 2 is 1.94 bits per heavy atom. The van der Waals surface area contributed by atoms with Gasteiger partial charge in [-0.05, 0) is 37.5 Å². The Morgan fingerprint density at radius 1 is 1.17 bits per heavy atom. The molecule has 1 amide bonds. The van der Waals surface area contributed by atoms with Crippen LogP contribution in [0.25, 0.3) is 0 Å². The van der Waals surface area contributed by atoms with E-state index in [0.29, 0.717) is 24.5 Å². The average Bonchev–Trinajstić information content (AvgIpc) is 3.00. The summed E-state index contributed by atoms with van der Waals surface area (Å²) >= 11 is 0. The number of nitrogens with two attached hydrogens (primary N) is 1. The monoisotopic (exact) mass is 251 g/mol. The van der Waals surface area contributed by atoms with Gasteiger partial charge in [-0.3, -0.25) is 9.69 Å².